The number of thiophene rings is 1. The molecule has 0 bridgehead atoms. The Balaban J connectivity index is 1.46. The summed E-state index contributed by atoms with van der Waals surface area (Å²) in [7, 11) is 0. The number of carboxylic acid groups (broad SMARTS) is 1. The van der Waals surface area contributed by atoms with Crippen molar-refractivity contribution in [1.29, 1.82) is 0 Å². The number of hydrogen-bond acceptors (Lipinski definition) is 5. The lowest BCUT2D eigenvalue weighted by molar-refractivity contribution is -0.146. The number of carbonyl (C=O) groups excluding carboxylic acids is 2. The van der Waals surface area contributed by atoms with Crippen LogP contribution in [-0.4, -0.2) is 52.1 Å². The molecular formula is C34H29ClN2O5S. The van der Waals surface area contributed by atoms with E-state index in [4.69, 9.17) is 16.7 Å². The lowest BCUT2D eigenvalue weighted by Crippen LogP contribution is -2.36. The number of benzene rings is 4. The maximum Gasteiger partial charge on any atom is 0.334 e. The summed E-state index contributed by atoms with van der Waals surface area (Å²) in [4.78, 5) is 39.4. The van der Waals surface area contributed by atoms with E-state index in [0.717, 1.165) is 26.8 Å². The van der Waals surface area contributed by atoms with E-state index < -0.39 is 24.5 Å². The van der Waals surface area contributed by atoms with Crippen molar-refractivity contribution in [3.8, 4) is 0 Å². The first-order valence-corrected chi connectivity index (χ1v) is 14.9. The van der Waals surface area contributed by atoms with Crippen molar-refractivity contribution in [2.45, 2.75) is 18.6 Å². The van der Waals surface area contributed by atoms with Crippen LogP contribution < -0.4 is 5.32 Å². The number of carboxylic acids is 1. The van der Waals surface area contributed by atoms with Crippen molar-refractivity contribution in [3.05, 3.63) is 141 Å². The maximum atomic E-state index is 14.3. The van der Waals surface area contributed by atoms with Crippen molar-refractivity contribution in [3.63, 3.8) is 0 Å². The highest BCUT2D eigenvalue weighted by atomic mass is 35.5. The van der Waals surface area contributed by atoms with Gasteiger partial charge in [-0.2, -0.15) is 0 Å². The first-order valence-electron chi connectivity index (χ1n) is 13.6. The normalized spacial score (nSPS) is 11.8. The summed E-state index contributed by atoms with van der Waals surface area (Å²) in [5, 5.41) is 23.9. The molecule has 2 amide bonds. The van der Waals surface area contributed by atoms with E-state index in [9.17, 15) is 19.5 Å². The molecule has 0 aliphatic heterocycles. The largest absolute Gasteiger partial charge is 0.479 e. The van der Waals surface area contributed by atoms with Crippen molar-refractivity contribution in [2.75, 3.05) is 13.1 Å². The van der Waals surface area contributed by atoms with Crippen LogP contribution in [0.4, 0.5) is 0 Å². The number of rotatable bonds is 11. The summed E-state index contributed by atoms with van der Waals surface area (Å²) >= 11 is 7.80. The van der Waals surface area contributed by atoms with Crippen LogP contribution in [0, 0.1) is 0 Å². The molecule has 9 heteroatoms. The van der Waals surface area contributed by atoms with Gasteiger partial charge >= 0.3 is 5.97 Å². The van der Waals surface area contributed by atoms with E-state index in [-0.39, 0.29) is 18.4 Å². The van der Waals surface area contributed by atoms with Crippen LogP contribution in [0.5, 0.6) is 0 Å². The third-order valence-corrected chi connectivity index (χ3v) is 8.39. The number of halogens is 1. The minimum atomic E-state index is -1.69. The predicted molar refractivity (Wildman–Crippen MR) is 169 cm³/mol. The molecule has 43 heavy (non-hydrogen) atoms. The van der Waals surface area contributed by atoms with Gasteiger partial charge in [-0.1, -0.05) is 84.4 Å². The summed E-state index contributed by atoms with van der Waals surface area (Å²) in [5.74, 6) is -2.14. The molecule has 0 saturated heterocycles. The lowest BCUT2D eigenvalue weighted by atomic mass is 9.90. The Kier molecular flexibility index (Phi) is 9.51. The average Bonchev–Trinajstić information content (AvgIpc) is 3.45. The van der Waals surface area contributed by atoms with Gasteiger partial charge in [-0.05, 0) is 47.0 Å². The Hall–Kier alpha value is -4.50. The van der Waals surface area contributed by atoms with E-state index in [1.807, 2.05) is 64.9 Å². The molecule has 4 aromatic carbocycles. The van der Waals surface area contributed by atoms with Gasteiger partial charge in [0.25, 0.3) is 11.8 Å². The van der Waals surface area contributed by atoms with Crippen LogP contribution in [0.3, 0.4) is 0 Å². The Morgan fingerprint density at radius 3 is 2.09 bits per heavy atom. The number of carbonyl (C=O) groups is 3. The van der Waals surface area contributed by atoms with Crippen LogP contribution in [0.2, 0.25) is 5.02 Å². The van der Waals surface area contributed by atoms with E-state index >= 15 is 0 Å². The molecule has 1 atom stereocenters. The topological polar surface area (TPSA) is 107 Å². The van der Waals surface area contributed by atoms with Gasteiger partial charge in [0.2, 0.25) is 0 Å². The Morgan fingerprint density at radius 2 is 1.49 bits per heavy atom. The van der Waals surface area contributed by atoms with Gasteiger partial charge in [0.05, 0.1) is 12.1 Å². The second kappa shape index (κ2) is 13.6. The molecule has 0 aliphatic rings. The maximum absolute atomic E-state index is 14.3. The molecule has 0 fully saturated rings. The smallest absolute Gasteiger partial charge is 0.334 e. The second-order valence-electron chi connectivity index (χ2n) is 10.1. The molecule has 0 spiro atoms. The van der Waals surface area contributed by atoms with Gasteiger partial charge in [0.15, 0.2) is 6.10 Å². The van der Waals surface area contributed by atoms with Gasteiger partial charge < -0.3 is 20.4 Å². The standard InChI is InChI=1S/C34H29ClN2O5S/c35-26-15-16-31-27(17-26)29(21-43-31)33(40)37(20-28(23-7-3-1-4-8-23)24-9-5-2-6-10-24)19-22-11-13-25(14-12-22)32(39)36-18-30(38)34(41)42/h1-17,21,28,30,38H,18-20H2,(H,36,39)(H,41,42). The average molecular weight is 613 g/mol. The summed E-state index contributed by atoms with van der Waals surface area (Å²) < 4.78 is 0.971. The number of amides is 2. The number of fused-ring (bicyclic) bond motifs is 1. The third-order valence-electron chi connectivity index (χ3n) is 7.19. The molecule has 5 aromatic rings. The summed E-state index contributed by atoms with van der Waals surface area (Å²) in [5.41, 5.74) is 3.87. The monoisotopic (exact) mass is 612 g/mol. The van der Waals surface area contributed by atoms with Crippen molar-refractivity contribution in [1.82, 2.24) is 10.2 Å². The van der Waals surface area contributed by atoms with Crippen LogP contribution in [-0.2, 0) is 11.3 Å². The fourth-order valence-electron chi connectivity index (χ4n) is 4.91. The minimum Gasteiger partial charge on any atom is -0.479 e. The molecular weight excluding hydrogens is 584 g/mol. The number of aliphatic carboxylic acids is 1. The first kappa shape index (κ1) is 30.0. The zero-order valence-corrected chi connectivity index (χ0v) is 24.6. The fraction of sp³-hybridized carbons (Fsp3) is 0.147. The van der Waals surface area contributed by atoms with Gasteiger partial charge in [0.1, 0.15) is 0 Å². The predicted octanol–water partition coefficient (Wildman–Crippen LogP) is 6.20. The molecule has 7 nitrogen and oxygen atoms in total. The van der Waals surface area contributed by atoms with Gasteiger partial charge in [-0.25, -0.2) is 4.79 Å². The fourth-order valence-corrected chi connectivity index (χ4v) is 6.00. The summed E-state index contributed by atoms with van der Waals surface area (Å²) in [6.45, 7) is 0.282. The zero-order chi connectivity index (χ0) is 30.3. The Bertz CT molecular complexity index is 1690. The lowest BCUT2D eigenvalue weighted by Gasteiger charge is -2.29. The molecule has 1 unspecified atom stereocenters. The van der Waals surface area contributed by atoms with Crippen molar-refractivity contribution >= 4 is 50.8 Å². The molecule has 1 heterocycles. The highest BCUT2D eigenvalue weighted by molar-refractivity contribution is 7.17. The Morgan fingerprint density at radius 1 is 0.860 bits per heavy atom. The second-order valence-corrected chi connectivity index (χ2v) is 11.5. The Labute approximate surface area is 258 Å². The molecule has 1 aromatic heterocycles. The number of hydrogen-bond donors (Lipinski definition) is 3. The number of nitrogens with one attached hydrogen (secondary N) is 1. The highest BCUT2D eigenvalue weighted by Crippen LogP contribution is 2.32. The molecule has 218 valence electrons. The zero-order valence-electron chi connectivity index (χ0n) is 23.0. The van der Waals surface area contributed by atoms with E-state index in [1.165, 1.54) is 11.3 Å². The van der Waals surface area contributed by atoms with Gasteiger partial charge in [-0.3, -0.25) is 9.59 Å². The first-order chi connectivity index (χ1) is 20.8. The van der Waals surface area contributed by atoms with Crippen LogP contribution in [0.25, 0.3) is 10.1 Å². The van der Waals surface area contributed by atoms with E-state index in [0.29, 0.717) is 22.7 Å². The minimum absolute atomic E-state index is 0.0921. The molecule has 3 N–H and O–H groups in total. The van der Waals surface area contributed by atoms with Crippen LogP contribution in [0.1, 0.15) is 43.3 Å². The van der Waals surface area contributed by atoms with Crippen molar-refractivity contribution < 1.29 is 24.6 Å². The van der Waals surface area contributed by atoms with Crippen LogP contribution in [0.15, 0.2) is 109 Å². The number of nitrogens with zero attached hydrogens (tertiary/aromatic N) is 1. The number of aliphatic hydroxyl groups is 1. The quantitative estimate of drug-likeness (QED) is 0.165. The van der Waals surface area contributed by atoms with Crippen molar-refractivity contribution in [2.24, 2.45) is 0 Å². The molecule has 5 rings (SSSR count). The summed E-state index contributed by atoms with van der Waals surface area (Å²) in [6, 6.07) is 32.5. The highest BCUT2D eigenvalue weighted by Gasteiger charge is 2.25. The third kappa shape index (κ3) is 7.29. The van der Waals surface area contributed by atoms with E-state index in [1.54, 1.807) is 24.3 Å². The summed E-state index contributed by atoms with van der Waals surface area (Å²) in [6.07, 6.45) is -1.69. The van der Waals surface area contributed by atoms with Gasteiger partial charge in [0, 0.05) is 45.1 Å². The van der Waals surface area contributed by atoms with Crippen LogP contribution >= 0.6 is 22.9 Å². The van der Waals surface area contributed by atoms with Gasteiger partial charge in [-0.15, -0.1) is 11.3 Å². The SMILES string of the molecule is O=C(NCC(O)C(=O)O)c1ccc(CN(CC(c2ccccc2)c2ccccc2)C(=O)c2csc3ccc(Cl)cc23)cc1. The number of aliphatic hydroxyl groups excluding tert-OH is 1. The molecule has 0 saturated carbocycles. The molecule has 0 aliphatic carbocycles. The molecule has 0 radical (unpaired) electrons. The van der Waals surface area contributed by atoms with E-state index in [2.05, 4.69) is 29.6 Å².